The SMILES string of the molecule is c1cc2c(s1)CCCC2CCNCC1CCCCC1. The molecule has 0 aromatic carbocycles. The van der Waals surface area contributed by atoms with Crippen LogP contribution in [-0.4, -0.2) is 13.1 Å². The summed E-state index contributed by atoms with van der Waals surface area (Å²) in [6.45, 7) is 2.49. The zero-order chi connectivity index (χ0) is 12.9. The van der Waals surface area contributed by atoms with Crippen LogP contribution >= 0.6 is 11.3 Å². The van der Waals surface area contributed by atoms with Crippen molar-refractivity contribution in [3.63, 3.8) is 0 Å². The molecule has 1 heterocycles. The highest BCUT2D eigenvalue weighted by Crippen LogP contribution is 2.36. The maximum absolute atomic E-state index is 3.73. The van der Waals surface area contributed by atoms with Crippen molar-refractivity contribution in [3.8, 4) is 0 Å². The summed E-state index contributed by atoms with van der Waals surface area (Å²) in [5, 5.41) is 6.02. The van der Waals surface area contributed by atoms with Crippen LogP contribution in [0, 0.1) is 5.92 Å². The fourth-order valence-corrected chi connectivity index (χ4v) is 4.87. The molecule has 1 aromatic rings. The first-order chi connectivity index (χ1) is 9.43. The first kappa shape index (κ1) is 13.6. The summed E-state index contributed by atoms with van der Waals surface area (Å²) < 4.78 is 0. The third kappa shape index (κ3) is 3.61. The number of hydrogen-bond acceptors (Lipinski definition) is 2. The van der Waals surface area contributed by atoms with Gasteiger partial charge in [-0.25, -0.2) is 0 Å². The molecule has 2 aliphatic rings. The van der Waals surface area contributed by atoms with Gasteiger partial charge in [-0.1, -0.05) is 19.3 Å². The third-order valence-corrected chi connectivity index (χ3v) is 6.00. The molecule has 0 bridgehead atoms. The third-order valence-electron chi connectivity index (χ3n) is 5.00. The second kappa shape index (κ2) is 6.90. The molecule has 1 saturated carbocycles. The van der Waals surface area contributed by atoms with E-state index in [1.165, 1.54) is 70.9 Å². The molecule has 2 aliphatic carbocycles. The predicted molar refractivity (Wildman–Crippen MR) is 84.1 cm³/mol. The average molecular weight is 277 g/mol. The molecule has 3 rings (SSSR count). The van der Waals surface area contributed by atoms with Gasteiger partial charge in [-0.15, -0.1) is 11.3 Å². The summed E-state index contributed by atoms with van der Waals surface area (Å²) in [7, 11) is 0. The average Bonchev–Trinajstić information content (AvgIpc) is 2.94. The van der Waals surface area contributed by atoms with E-state index < -0.39 is 0 Å². The van der Waals surface area contributed by atoms with E-state index >= 15 is 0 Å². The second-order valence-electron chi connectivity index (χ2n) is 6.39. The smallest absolute Gasteiger partial charge is 0.00800 e. The maximum Gasteiger partial charge on any atom is 0.00800 e. The fraction of sp³-hybridized carbons (Fsp3) is 0.765. The Morgan fingerprint density at radius 1 is 1.11 bits per heavy atom. The van der Waals surface area contributed by atoms with Crippen LogP contribution in [0.4, 0.5) is 0 Å². The zero-order valence-electron chi connectivity index (χ0n) is 12.0. The molecule has 0 radical (unpaired) electrons. The highest BCUT2D eigenvalue weighted by molar-refractivity contribution is 7.10. The van der Waals surface area contributed by atoms with E-state index in [-0.39, 0.29) is 0 Å². The predicted octanol–water partition coefficient (Wildman–Crippen LogP) is 4.73. The Kier molecular flexibility index (Phi) is 4.95. The van der Waals surface area contributed by atoms with E-state index in [0.717, 1.165) is 11.8 Å². The number of rotatable bonds is 5. The lowest BCUT2D eigenvalue weighted by atomic mass is 9.85. The molecule has 1 nitrogen and oxygen atoms in total. The Morgan fingerprint density at radius 2 is 2.00 bits per heavy atom. The van der Waals surface area contributed by atoms with Crippen LogP contribution in [0.1, 0.15) is 67.7 Å². The summed E-state index contributed by atoms with van der Waals surface area (Å²) in [6, 6.07) is 2.38. The van der Waals surface area contributed by atoms with Crippen molar-refractivity contribution in [1.82, 2.24) is 5.32 Å². The molecule has 1 unspecified atom stereocenters. The number of hydrogen-bond donors (Lipinski definition) is 1. The summed E-state index contributed by atoms with van der Waals surface area (Å²) in [4.78, 5) is 1.67. The van der Waals surface area contributed by atoms with Gasteiger partial charge in [0.05, 0.1) is 0 Å². The van der Waals surface area contributed by atoms with Gasteiger partial charge < -0.3 is 5.32 Å². The zero-order valence-corrected chi connectivity index (χ0v) is 12.8. The molecule has 0 saturated heterocycles. The van der Waals surface area contributed by atoms with Crippen LogP contribution in [0.2, 0.25) is 0 Å². The monoisotopic (exact) mass is 277 g/mol. The van der Waals surface area contributed by atoms with Gasteiger partial charge in [0.1, 0.15) is 0 Å². The van der Waals surface area contributed by atoms with E-state index in [4.69, 9.17) is 0 Å². The molecule has 106 valence electrons. The Labute approximate surface area is 121 Å². The minimum absolute atomic E-state index is 0.842. The number of thiophene rings is 1. The standard InChI is InChI=1S/C17H27NS/c1-2-5-14(6-3-1)13-18-11-9-15-7-4-8-17-16(15)10-12-19-17/h10,12,14-15,18H,1-9,11,13H2. The van der Waals surface area contributed by atoms with Crippen molar-refractivity contribution in [2.45, 2.75) is 63.7 Å². The Balaban J connectivity index is 1.39. The molecule has 0 amide bonds. The Bertz CT molecular complexity index is 378. The normalized spacial score (nSPS) is 24.3. The van der Waals surface area contributed by atoms with Crippen LogP contribution in [0.25, 0.3) is 0 Å². The quantitative estimate of drug-likeness (QED) is 0.767. The van der Waals surface area contributed by atoms with E-state index in [9.17, 15) is 0 Å². The molecule has 2 heteroatoms. The number of aryl methyl sites for hydroxylation is 1. The molecule has 0 spiro atoms. The van der Waals surface area contributed by atoms with E-state index in [1.807, 2.05) is 11.3 Å². The van der Waals surface area contributed by atoms with E-state index in [0.29, 0.717) is 0 Å². The van der Waals surface area contributed by atoms with Crippen molar-refractivity contribution >= 4 is 11.3 Å². The van der Waals surface area contributed by atoms with Crippen LogP contribution in [0.15, 0.2) is 11.4 Å². The molecular weight excluding hydrogens is 250 g/mol. The van der Waals surface area contributed by atoms with Crippen LogP contribution in [0.5, 0.6) is 0 Å². The molecule has 1 N–H and O–H groups in total. The molecule has 19 heavy (non-hydrogen) atoms. The van der Waals surface area contributed by atoms with E-state index in [2.05, 4.69) is 16.8 Å². The summed E-state index contributed by atoms with van der Waals surface area (Å²) in [5.74, 6) is 1.81. The highest BCUT2D eigenvalue weighted by Gasteiger charge is 2.20. The van der Waals surface area contributed by atoms with Crippen molar-refractivity contribution < 1.29 is 0 Å². The van der Waals surface area contributed by atoms with Gasteiger partial charge in [0, 0.05) is 4.88 Å². The van der Waals surface area contributed by atoms with Gasteiger partial charge in [-0.2, -0.15) is 0 Å². The van der Waals surface area contributed by atoms with E-state index in [1.54, 1.807) is 10.4 Å². The Morgan fingerprint density at radius 3 is 2.89 bits per heavy atom. The number of nitrogens with one attached hydrogen (secondary N) is 1. The van der Waals surface area contributed by atoms with Crippen LogP contribution in [-0.2, 0) is 6.42 Å². The minimum atomic E-state index is 0.842. The minimum Gasteiger partial charge on any atom is -0.316 e. The summed E-state index contributed by atoms with van der Waals surface area (Å²) in [5.41, 5.74) is 1.68. The van der Waals surface area contributed by atoms with Crippen molar-refractivity contribution in [3.05, 3.63) is 21.9 Å². The van der Waals surface area contributed by atoms with Crippen LogP contribution < -0.4 is 5.32 Å². The molecule has 1 atom stereocenters. The van der Waals surface area contributed by atoms with Gasteiger partial charge in [-0.3, -0.25) is 0 Å². The highest BCUT2D eigenvalue weighted by atomic mass is 32.1. The molecule has 1 fully saturated rings. The maximum atomic E-state index is 3.73. The van der Waals surface area contributed by atoms with Crippen molar-refractivity contribution in [2.75, 3.05) is 13.1 Å². The summed E-state index contributed by atoms with van der Waals surface area (Å²) in [6.07, 6.45) is 12.8. The molecule has 0 aliphatic heterocycles. The Hall–Kier alpha value is -0.340. The van der Waals surface area contributed by atoms with Crippen molar-refractivity contribution in [2.24, 2.45) is 5.92 Å². The first-order valence-corrected chi connectivity index (χ1v) is 9.08. The first-order valence-electron chi connectivity index (χ1n) is 8.20. The second-order valence-corrected chi connectivity index (χ2v) is 7.39. The topological polar surface area (TPSA) is 12.0 Å². The number of fused-ring (bicyclic) bond motifs is 1. The van der Waals surface area contributed by atoms with Gasteiger partial charge in [0.15, 0.2) is 0 Å². The summed E-state index contributed by atoms with van der Waals surface area (Å²) >= 11 is 1.97. The van der Waals surface area contributed by atoms with Gasteiger partial charge >= 0.3 is 0 Å². The van der Waals surface area contributed by atoms with Crippen LogP contribution in [0.3, 0.4) is 0 Å². The van der Waals surface area contributed by atoms with Gasteiger partial charge in [-0.05, 0) is 80.5 Å². The lowest BCUT2D eigenvalue weighted by Crippen LogP contribution is -2.26. The fourth-order valence-electron chi connectivity index (χ4n) is 3.86. The molecular formula is C17H27NS. The van der Waals surface area contributed by atoms with Gasteiger partial charge in [0.2, 0.25) is 0 Å². The van der Waals surface area contributed by atoms with Gasteiger partial charge in [0.25, 0.3) is 0 Å². The largest absolute Gasteiger partial charge is 0.316 e. The van der Waals surface area contributed by atoms with Crippen molar-refractivity contribution in [1.29, 1.82) is 0 Å². The lowest BCUT2D eigenvalue weighted by Gasteiger charge is -2.24. The lowest BCUT2D eigenvalue weighted by molar-refractivity contribution is 0.339. The molecule has 1 aromatic heterocycles.